The van der Waals surface area contributed by atoms with Gasteiger partial charge < -0.3 is 0 Å². The van der Waals surface area contributed by atoms with Crippen LogP contribution in [-0.2, 0) is 28.6 Å². The highest BCUT2D eigenvalue weighted by Crippen LogP contribution is 2.22. The number of hydrogen-bond donors (Lipinski definition) is 3. The fraction of sp³-hybridized carbons (Fsp3) is 0.143. The fourth-order valence-corrected chi connectivity index (χ4v) is 4.15. The Hall–Kier alpha value is -3.37. The van der Waals surface area contributed by atoms with Crippen molar-refractivity contribution in [2.45, 2.75) is 18.6 Å². The van der Waals surface area contributed by atoms with E-state index in [1.807, 2.05) is 0 Å². The van der Waals surface area contributed by atoms with Crippen LogP contribution in [0.15, 0.2) is 60.9 Å². The summed E-state index contributed by atoms with van der Waals surface area (Å²) in [6.07, 6.45) is 3.70. The van der Waals surface area contributed by atoms with Crippen LogP contribution in [0.5, 0.6) is 0 Å². The van der Waals surface area contributed by atoms with Crippen molar-refractivity contribution in [3.63, 3.8) is 0 Å². The molecule has 2 aromatic carbocycles. The number of rotatable bonds is 8. The van der Waals surface area contributed by atoms with Gasteiger partial charge in [0, 0.05) is 23.5 Å². The maximum atomic E-state index is 14.4. The normalized spacial score (nSPS) is 11.2. The second-order valence-electron chi connectivity index (χ2n) is 6.78. The molecule has 0 saturated heterocycles. The summed E-state index contributed by atoms with van der Waals surface area (Å²) in [7, 11) is -3.97. The van der Waals surface area contributed by atoms with Crippen LogP contribution in [0.2, 0.25) is 0 Å². The van der Waals surface area contributed by atoms with Crippen molar-refractivity contribution in [2.75, 3.05) is 4.72 Å². The summed E-state index contributed by atoms with van der Waals surface area (Å²) in [5.41, 5.74) is 2.42. The SMILES string of the molecule is O=C(NO)c1ccc(CS(=O)(=O)Nc2cc(F)c(CCc3cccnc3)c(F)c2)cc1. The lowest BCUT2D eigenvalue weighted by molar-refractivity contribution is 0.0706. The summed E-state index contributed by atoms with van der Waals surface area (Å²) in [4.78, 5) is 15.3. The molecule has 0 saturated carbocycles. The van der Waals surface area contributed by atoms with Crippen LogP contribution < -0.4 is 10.2 Å². The highest BCUT2D eigenvalue weighted by atomic mass is 32.2. The average Bonchev–Trinajstić information content (AvgIpc) is 2.73. The number of benzene rings is 2. The van der Waals surface area contributed by atoms with Crippen molar-refractivity contribution < 1.29 is 27.2 Å². The Bertz CT molecular complexity index is 1150. The smallest absolute Gasteiger partial charge is 0.274 e. The van der Waals surface area contributed by atoms with Crippen molar-refractivity contribution >= 4 is 21.6 Å². The van der Waals surface area contributed by atoms with Crippen LogP contribution in [0, 0.1) is 11.6 Å². The molecule has 1 aromatic heterocycles. The molecule has 1 heterocycles. The second kappa shape index (κ2) is 9.63. The van der Waals surface area contributed by atoms with Gasteiger partial charge in [-0.15, -0.1) is 0 Å². The lowest BCUT2D eigenvalue weighted by Gasteiger charge is -2.11. The van der Waals surface area contributed by atoms with Gasteiger partial charge in [0.15, 0.2) is 0 Å². The van der Waals surface area contributed by atoms with Crippen LogP contribution in [0.1, 0.15) is 27.0 Å². The summed E-state index contributed by atoms with van der Waals surface area (Å²) < 4.78 is 55.8. The number of nitrogens with one attached hydrogen (secondary N) is 2. The summed E-state index contributed by atoms with van der Waals surface area (Å²) in [5.74, 6) is -2.90. The Balaban J connectivity index is 1.69. The molecule has 3 rings (SSSR count). The number of aromatic nitrogens is 1. The van der Waals surface area contributed by atoms with Crippen molar-refractivity contribution in [1.82, 2.24) is 10.5 Å². The molecular weight excluding hydrogens is 428 g/mol. The monoisotopic (exact) mass is 447 g/mol. The largest absolute Gasteiger partial charge is 0.288 e. The maximum absolute atomic E-state index is 14.4. The number of halogens is 2. The molecule has 0 radical (unpaired) electrons. The third-order valence-electron chi connectivity index (χ3n) is 4.48. The number of carbonyl (C=O) groups is 1. The minimum absolute atomic E-state index is 0.101. The van der Waals surface area contributed by atoms with Crippen LogP contribution in [0.25, 0.3) is 0 Å². The Morgan fingerprint density at radius 3 is 2.26 bits per heavy atom. The molecule has 7 nitrogen and oxygen atoms in total. The standard InChI is InChI=1S/C21H19F2N3O4S/c22-19-10-17(11-20(23)18(19)8-5-14-2-1-9-24-12-14)26-31(29,30)13-15-3-6-16(7-4-15)21(27)25-28/h1-4,6-7,9-12,26,28H,5,8,13H2,(H,25,27). The molecule has 1 amide bonds. The van der Waals surface area contributed by atoms with Gasteiger partial charge in [0.2, 0.25) is 10.0 Å². The molecule has 0 aliphatic heterocycles. The molecule has 162 valence electrons. The number of pyridine rings is 1. The number of sulfonamides is 1. The van der Waals surface area contributed by atoms with E-state index in [2.05, 4.69) is 9.71 Å². The van der Waals surface area contributed by atoms with Gasteiger partial charge >= 0.3 is 0 Å². The van der Waals surface area contributed by atoms with E-state index >= 15 is 0 Å². The maximum Gasteiger partial charge on any atom is 0.274 e. The zero-order chi connectivity index (χ0) is 22.4. The van der Waals surface area contributed by atoms with E-state index in [9.17, 15) is 22.0 Å². The predicted octanol–water partition coefficient (Wildman–Crippen LogP) is 3.21. The van der Waals surface area contributed by atoms with Crippen molar-refractivity contribution in [2.24, 2.45) is 0 Å². The molecule has 0 unspecified atom stereocenters. The van der Waals surface area contributed by atoms with E-state index in [4.69, 9.17) is 5.21 Å². The molecule has 3 N–H and O–H groups in total. The van der Waals surface area contributed by atoms with E-state index in [1.54, 1.807) is 24.5 Å². The fourth-order valence-electron chi connectivity index (χ4n) is 2.97. The summed E-state index contributed by atoms with van der Waals surface area (Å²) in [6.45, 7) is 0. The molecule has 0 spiro atoms. The first kappa shape index (κ1) is 22.3. The second-order valence-corrected chi connectivity index (χ2v) is 8.50. The van der Waals surface area contributed by atoms with Gasteiger partial charge in [-0.25, -0.2) is 22.7 Å². The molecule has 0 aliphatic rings. The van der Waals surface area contributed by atoms with E-state index in [-0.39, 0.29) is 23.2 Å². The number of anilines is 1. The molecular formula is C21H19F2N3O4S. The highest BCUT2D eigenvalue weighted by molar-refractivity contribution is 7.91. The Morgan fingerprint density at radius 1 is 1.00 bits per heavy atom. The van der Waals surface area contributed by atoms with E-state index in [0.29, 0.717) is 12.0 Å². The first-order valence-electron chi connectivity index (χ1n) is 9.18. The lowest BCUT2D eigenvalue weighted by Crippen LogP contribution is -2.19. The van der Waals surface area contributed by atoms with Gasteiger partial charge in [-0.05, 0) is 54.3 Å². The van der Waals surface area contributed by atoms with Gasteiger partial charge in [0.1, 0.15) is 11.6 Å². The van der Waals surface area contributed by atoms with Gasteiger partial charge in [0.25, 0.3) is 5.91 Å². The number of hydroxylamine groups is 1. The van der Waals surface area contributed by atoms with Crippen molar-refractivity contribution in [3.05, 3.63) is 94.8 Å². The summed E-state index contributed by atoms with van der Waals surface area (Å²) in [6, 6.07) is 10.9. The van der Waals surface area contributed by atoms with E-state index < -0.39 is 33.3 Å². The molecule has 31 heavy (non-hydrogen) atoms. The Labute approximate surface area is 177 Å². The van der Waals surface area contributed by atoms with Crippen LogP contribution >= 0.6 is 0 Å². The third kappa shape index (κ3) is 6.06. The first-order chi connectivity index (χ1) is 14.8. The number of hydrogen-bond acceptors (Lipinski definition) is 5. The molecule has 0 fully saturated rings. The highest BCUT2D eigenvalue weighted by Gasteiger charge is 2.17. The number of aryl methyl sites for hydroxylation is 1. The Morgan fingerprint density at radius 2 is 1.68 bits per heavy atom. The zero-order valence-corrected chi connectivity index (χ0v) is 17.0. The van der Waals surface area contributed by atoms with Crippen molar-refractivity contribution in [1.29, 1.82) is 0 Å². The summed E-state index contributed by atoms with van der Waals surface area (Å²) in [5, 5.41) is 8.59. The van der Waals surface area contributed by atoms with Gasteiger partial charge in [-0.1, -0.05) is 18.2 Å². The number of nitrogens with zero attached hydrogens (tertiary/aromatic N) is 1. The van der Waals surface area contributed by atoms with Crippen molar-refractivity contribution in [3.8, 4) is 0 Å². The summed E-state index contributed by atoms with van der Waals surface area (Å²) >= 11 is 0. The number of carbonyl (C=O) groups excluding carboxylic acids is 1. The average molecular weight is 447 g/mol. The predicted molar refractivity (Wildman–Crippen MR) is 110 cm³/mol. The van der Waals surface area contributed by atoms with E-state index in [0.717, 1.165) is 17.7 Å². The zero-order valence-electron chi connectivity index (χ0n) is 16.2. The topological polar surface area (TPSA) is 108 Å². The van der Waals surface area contributed by atoms with E-state index in [1.165, 1.54) is 29.7 Å². The molecule has 3 aromatic rings. The minimum Gasteiger partial charge on any atom is -0.288 e. The molecule has 10 heteroatoms. The first-order valence-corrected chi connectivity index (χ1v) is 10.8. The van der Waals surface area contributed by atoms with Gasteiger partial charge in [-0.3, -0.25) is 19.7 Å². The molecule has 0 bridgehead atoms. The quantitative estimate of drug-likeness (QED) is 0.363. The third-order valence-corrected chi connectivity index (χ3v) is 5.74. The van der Waals surface area contributed by atoms with Crippen LogP contribution in [0.4, 0.5) is 14.5 Å². The van der Waals surface area contributed by atoms with Gasteiger partial charge in [0.05, 0.1) is 11.4 Å². The van der Waals surface area contributed by atoms with Gasteiger partial charge in [-0.2, -0.15) is 0 Å². The minimum atomic E-state index is -3.97. The molecule has 0 atom stereocenters. The lowest BCUT2D eigenvalue weighted by atomic mass is 10.0. The number of amides is 1. The van der Waals surface area contributed by atoms with Crippen LogP contribution in [0.3, 0.4) is 0 Å². The Kier molecular flexibility index (Phi) is 6.93. The van der Waals surface area contributed by atoms with Crippen LogP contribution in [-0.4, -0.2) is 24.5 Å². The molecule has 0 aliphatic carbocycles.